The average Bonchev–Trinajstić information content (AvgIpc) is 3.21. The first-order chi connectivity index (χ1) is 29.3. The number of hydrogen-bond acceptors (Lipinski definition) is 14. The smallest absolute Gasteiger partial charge is 0.744 e. The van der Waals surface area contributed by atoms with Crippen molar-refractivity contribution in [3.63, 3.8) is 0 Å². The van der Waals surface area contributed by atoms with Crippen molar-refractivity contribution in [3.05, 3.63) is 78.4 Å². The second-order valence-electron chi connectivity index (χ2n) is 14.2. The number of phenolic OH excluding ortho intramolecular Hbond substituents is 2. The Labute approximate surface area is 413 Å². The predicted molar refractivity (Wildman–Crippen MR) is 229 cm³/mol. The number of benzene rings is 5. The Hall–Kier alpha value is -3.82. The minimum absolute atomic E-state index is 0. The zero-order chi connectivity index (χ0) is 43.9. The summed E-state index contributed by atoms with van der Waals surface area (Å²) in [4.78, 5) is 24.3. The van der Waals surface area contributed by atoms with Crippen molar-refractivity contribution >= 4 is 71.9 Å². The third-order valence-corrected chi connectivity index (χ3v) is 10.8. The van der Waals surface area contributed by atoms with Crippen molar-refractivity contribution in [3.8, 4) is 28.7 Å². The Morgan fingerprint density at radius 2 is 1.40 bits per heavy atom. The Morgan fingerprint density at radius 1 is 0.778 bits per heavy atom. The standard InChI is InChI=1S/C43H50N4O12S2.2Na/c1-3-4-5-6-7-8-9-10-11-14-21-44-43(51)35-27-37(33-15-12-13-16-34(33)41(35)49)58-23-22-57-31-19-17-30(18-20-31)46-47-40-38(59-60(52)53)25-29-24-32(61(54,55)56)26-36(45-28(2)48)39(29)42(40)50;;/h12-13,15-20,24-27,49-50H,3-11,14,21-23H2,1-2H3,(H,44,51)(H,45,48)(H,52,53)(H,54,55,56);;/q;2*+1/p-2. The second kappa shape index (κ2) is 26.2. The fourth-order valence-electron chi connectivity index (χ4n) is 6.68. The summed E-state index contributed by atoms with van der Waals surface area (Å²) >= 11 is -3.17. The second-order valence-corrected chi connectivity index (χ2v) is 16.2. The number of phenols is 2. The molecule has 1 atom stereocenters. The number of hydrogen-bond donors (Lipinski definition) is 4. The van der Waals surface area contributed by atoms with Crippen molar-refractivity contribution < 1.29 is 114 Å². The number of unbranched alkanes of at least 4 members (excludes halogenated alkanes) is 9. The number of carbonyl (C=O) groups excluding carboxylic acids is 2. The molecule has 0 aliphatic heterocycles. The molecule has 0 spiro atoms. The first-order valence-electron chi connectivity index (χ1n) is 19.9. The minimum Gasteiger partial charge on any atom is -0.744 e. The van der Waals surface area contributed by atoms with Crippen LogP contribution in [0.1, 0.15) is 88.4 Å². The molecule has 0 bridgehead atoms. The molecule has 0 heterocycles. The first-order valence-corrected chi connectivity index (χ1v) is 22.3. The molecule has 0 aliphatic rings. The molecular weight excluding hydrogens is 875 g/mol. The van der Waals surface area contributed by atoms with Gasteiger partial charge in [-0.2, -0.15) is 5.11 Å². The summed E-state index contributed by atoms with van der Waals surface area (Å²) in [5, 5.41) is 36.3. The van der Waals surface area contributed by atoms with Crippen molar-refractivity contribution in [1.82, 2.24) is 5.32 Å². The van der Waals surface area contributed by atoms with Crippen molar-refractivity contribution in [2.45, 2.75) is 83.0 Å². The number of aromatic hydroxyl groups is 2. The van der Waals surface area contributed by atoms with E-state index in [1.54, 1.807) is 36.4 Å². The van der Waals surface area contributed by atoms with Crippen LogP contribution in [0.4, 0.5) is 17.1 Å². The van der Waals surface area contributed by atoms with Gasteiger partial charge < -0.3 is 43.6 Å². The van der Waals surface area contributed by atoms with Crippen LogP contribution in [-0.2, 0) is 26.3 Å². The number of azo groups is 1. The van der Waals surface area contributed by atoms with Crippen LogP contribution in [0.25, 0.3) is 21.5 Å². The van der Waals surface area contributed by atoms with E-state index in [9.17, 15) is 41.5 Å². The molecule has 0 aliphatic carbocycles. The largest absolute Gasteiger partial charge is 1.00 e. The van der Waals surface area contributed by atoms with Crippen LogP contribution in [0.15, 0.2) is 87.9 Å². The van der Waals surface area contributed by atoms with Gasteiger partial charge in [-0.25, -0.2) is 12.6 Å². The molecule has 2 amide bonds. The van der Waals surface area contributed by atoms with Crippen LogP contribution in [0, 0.1) is 0 Å². The Morgan fingerprint density at radius 3 is 2.02 bits per heavy atom. The molecule has 5 aromatic carbocycles. The summed E-state index contributed by atoms with van der Waals surface area (Å²) in [5.41, 5.74) is -0.384. The number of anilines is 1. The molecule has 0 radical (unpaired) electrons. The van der Waals surface area contributed by atoms with Crippen LogP contribution in [0.5, 0.6) is 28.7 Å². The van der Waals surface area contributed by atoms with Crippen molar-refractivity contribution in [2.24, 2.45) is 10.2 Å². The van der Waals surface area contributed by atoms with E-state index in [0.29, 0.717) is 28.8 Å². The van der Waals surface area contributed by atoms with E-state index in [4.69, 9.17) is 13.7 Å². The fraction of sp³-hybridized carbons (Fsp3) is 0.349. The summed E-state index contributed by atoms with van der Waals surface area (Å²) in [6.45, 7) is 4.02. The maximum atomic E-state index is 13.2. The summed E-state index contributed by atoms with van der Waals surface area (Å²) in [6, 6.07) is 17.6. The summed E-state index contributed by atoms with van der Waals surface area (Å²) in [7, 11) is -5.03. The van der Waals surface area contributed by atoms with Gasteiger partial charge in [0.1, 0.15) is 51.9 Å². The summed E-state index contributed by atoms with van der Waals surface area (Å²) in [5.74, 6) is -1.62. The number of amides is 2. The number of carbonyl (C=O) groups is 2. The molecule has 0 saturated carbocycles. The van der Waals surface area contributed by atoms with Gasteiger partial charge in [-0.05, 0) is 60.3 Å². The minimum atomic E-state index is -5.03. The van der Waals surface area contributed by atoms with E-state index in [0.717, 1.165) is 44.4 Å². The zero-order valence-corrected chi connectivity index (χ0v) is 41.4. The van der Waals surface area contributed by atoms with Crippen molar-refractivity contribution in [1.29, 1.82) is 0 Å². The van der Waals surface area contributed by atoms with E-state index in [1.165, 1.54) is 63.1 Å². The third kappa shape index (κ3) is 15.7. The van der Waals surface area contributed by atoms with E-state index < -0.39 is 49.5 Å². The molecule has 16 nitrogen and oxygen atoms in total. The Bertz CT molecular complexity index is 2510. The molecule has 5 aromatic rings. The van der Waals surface area contributed by atoms with Gasteiger partial charge >= 0.3 is 59.1 Å². The first kappa shape index (κ1) is 53.5. The molecule has 0 saturated heterocycles. The monoisotopic (exact) mass is 922 g/mol. The SMILES string of the molecule is CCCCCCCCCCCCNC(=O)c1cc(OCCOc2ccc(N=Nc3c(OS(=O)[O-])cc4cc(S(=O)(=O)[O-])cc(NC(C)=O)c4c3O)cc2)c2ccccc2c1O.[Na+].[Na+]. The molecule has 63 heavy (non-hydrogen) atoms. The maximum absolute atomic E-state index is 13.2. The molecule has 326 valence electrons. The van der Waals surface area contributed by atoms with Gasteiger partial charge in [0.25, 0.3) is 5.91 Å². The number of nitrogens with one attached hydrogen (secondary N) is 2. The van der Waals surface area contributed by atoms with E-state index >= 15 is 0 Å². The number of nitrogens with zero attached hydrogens (tertiary/aromatic N) is 2. The summed E-state index contributed by atoms with van der Waals surface area (Å²) < 4.78 is 75.0. The Balaban J connectivity index is 0.00000528. The number of ether oxygens (including phenoxy) is 2. The van der Waals surface area contributed by atoms with Gasteiger partial charge in [0.15, 0.2) is 17.2 Å². The predicted octanol–water partition coefficient (Wildman–Crippen LogP) is 2.97. The number of fused-ring (bicyclic) bond motifs is 2. The van der Waals surface area contributed by atoms with Gasteiger partial charge in [-0.3, -0.25) is 9.59 Å². The third-order valence-electron chi connectivity index (χ3n) is 9.63. The molecule has 1 unspecified atom stereocenters. The van der Waals surface area contributed by atoms with E-state index in [-0.39, 0.29) is 112 Å². The Kier molecular flexibility index (Phi) is 22.3. The summed E-state index contributed by atoms with van der Waals surface area (Å²) in [6.07, 6.45) is 11.8. The van der Waals surface area contributed by atoms with Crippen LogP contribution >= 0.6 is 0 Å². The molecule has 4 N–H and O–H groups in total. The van der Waals surface area contributed by atoms with Crippen LogP contribution < -0.4 is 83.4 Å². The normalized spacial score (nSPS) is 11.7. The van der Waals surface area contributed by atoms with Crippen molar-refractivity contribution in [2.75, 3.05) is 25.1 Å². The molecule has 5 rings (SSSR count). The van der Waals surface area contributed by atoms with E-state index in [2.05, 4.69) is 27.8 Å². The molecule has 0 fully saturated rings. The van der Waals surface area contributed by atoms with E-state index in [1.807, 2.05) is 0 Å². The van der Waals surface area contributed by atoms with Gasteiger partial charge in [0, 0.05) is 29.6 Å². The van der Waals surface area contributed by atoms with Crippen LogP contribution in [-0.4, -0.2) is 63.5 Å². The quantitative estimate of drug-likeness (QED) is 0.0243. The molecule has 0 aromatic heterocycles. The molecular formula is C43H48N4Na2O12S2. The van der Waals surface area contributed by atoms with Gasteiger partial charge in [0.05, 0.1) is 21.8 Å². The molecule has 20 heteroatoms. The fourth-order valence-corrected chi connectivity index (χ4v) is 7.49. The van der Waals surface area contributed by atoms with Crippen LogP contribution in [0.3, 0.4) is 0 Å². The van der Waals surface area contributed by atoms with Gasteiger partial charge in [-0.1, -0.05) is 89.0 Å². The van der Waals surface area contributed by atoms with Crippen LogP contribution in [0.2, 0.25) is 0 Å². The van der Waals surface area contributed by atoms with Gasteiger partial charge in [-0.15, -0.1) is 5.11 Å². The topological polar surface area (TPSA) is 248 Å². The number of rotatable bonds is 23. The zero-order valence-electron chi connectivity index (χ0n) is 35.8. The van der Waals surface area contributed by atoms with Gasteiger partial charge in [0.2, 0.25) is 5.91 Å². The maximum Gasteiger partial charge on any atom is 1.00 e. The average molecular weight is 923 g/mol.